The average molecular weight is 514 g/mol. The Hall–Kier alpha value is -3.75. The van der Waals surface area contributed by atoms with Crippen LogP contribution in [0.1, 0.15) is 18.5 Å². The van der Waals surface area contributed by atoms with E-state index in [-0.39, 0.29) is 19.6 Å². The Kier molecular flexibility index (Phi) is 12.9. The van der Waals surface area contributed by atoms with Gasteiger partial charge in [-0.25, -0.2) is 0 Å². The summed E-state index contributed by atoms with van der Waals surface area (Å²) >= 11 is 0. The van der Waals surface area contributed by atoms with E-state index in [1.54, 1.807) is 31.2 Å². The van der Waals surface area contributed by atoms with Crippen molar-refractivity contribution < 1.29 is 54.2 Å². The topological polar surface area (TPSA) is 205 Å². The van der Waals surface area contributed by atoms with Crippen molar-refractivity contribution in [3.05, 3.63) is 29.8 Å². The number of carboxylic acid groups (broad SMARTS) is 5. The molecule has 0 aliphatic heterocycles. The van der Waals surface area contributed by atoms with Crippen molar-refractivity contribution in [3.8, 4) is 5.75 Å². The number of hydrogen-bond acceptors (Lipinski definition) is 9. The van der Waals surface area contributed by atoms with Gasteiger partial charge in [-0.15, -0.1) is 0 Å². The standard InChI is InChI=1S/C22H31N3O11/c1-2-36-16-5-3-15(4-6-16)17(25(13-21(32)33)14-22(34)35)9-23(10-18(26)27)7-8-24(11-19(28)29)12-20(30)31/h3-6,17H,2,7-14H2,1H3,(H,26,27)(H,28,29)(H,30,31)(H,32,33)(H,34,35). The molecule has 200 valence electrons. The molecule has 1 aromatic carbocycles. The maximum atomic E-state index is 11.5. The molecule has 14 heteroatoms. The molecule has 36 heavy (non-hydrogen) atoms. The van der Waals surface area contributed by atoms with Crippen LogP contribution in [-0.2, 0) is 24.0 Å². The molecule has 0 amide bonds. The molecule has 14 nitrogen and oxygen atoms in total. The average Bonchev–Trinajstić information content (AvgIpc) is 2.74. The van der Waals surface area contributed by atoms with E-state index in [0.717, 1.165) is 4.90 Å². The Morgan fingerprint density at radius 1 is 0.694 bits per heavy atom. The second-order valence-electron chi connectivity index (χ2n) is 7.84. The Balaban J connectivity index is 3.28. The van der Waals surface area contributed by atoms with Gasteiger partial charge in [0.25, 0.3) is 0 Å². The van der Waals surface area contributed by atoms with E-state index in [1.807, 2.05) is 0 Å². The molecule has 0 heterocycles. The first kappa shape index (κ1) is 30.3. The van der Waals surface area contributed by atoms with Crippen molar-refractivity contribution in [1.29, 1.82) is 0 Å². The lowest BCUT2D eigenvalue weighted by atomic mass is 10.0. The number of carbonyl (C=O) groups is 5. The Labute approximate surface area is 206 Å². The fraction of sp³-hybridized carbons (Fsp3) is 0.500. The molecule has 0 fully saturated rings. The largest absolute Gasteiger partial charge is 0.494 e. The molecule has 0 bridgehead atoms. The number of aliphatic carboxylic acids is 5. The third-order valence-corrected chi connectivity index (χ3v) is 4.93. The van der Waals surface area contributed by atoms with E-state index in [2.05, 4.69) is 0 Å². The van der Waals surface area contributed by atoms with Crippen molar-refractivity contribution >= 4 is 29.8 Å². The van der Waals surface area contributed by atoms with Crippen LogP contribution in [0.2, 0.25) is 0 Å². The molecule has 0 aliphatic carbocycles. The Morgan fingerprint density at radius 3 is 1.53 bits per heavy atom. The maximum absolute atomic E-state index is 11.5. The number of carboxylic acids is 5. The lowest BCUT2D eigenvalue weighted by Gasteiger charge is -2.34. The molecule has 0 radical (unpaired) electrons. The number of nitrogens with zero attached hydrogens (tertiary/aromatic N) is 3. The fourth-order valence-corrected chi connectivity index (χ4v) is 3.56. The smallest absolute Gasteiger partial charge is 0.317 e. The first-order valence-electron chi connectivity index (χ1n) is 10.9. The first-order chi connectivity index (χ1) is 16.9. The number of ether oxygens (including phenoxy) is 1. The summed E-state index contributed by atoms with van der Waals surface area (Å²) in [6.45, 7) is -1.11. The monoisotopic (exact) mass is 513 g/mol. The highest BCUT2D eigenvalue weighted by molar-refractivity contribution is 5.73. The van der Waals surface area contributed by atoms with Crippen LogP contribution in [-0.4, -0.2) is 129 Å². The van der Waals surface area contributed by atoms with Crippen LogP contribution in [0.15, 0.2) is 24.3 Å². The van der Waals surface area contributed by atoms with Gasteiger partial charge in [-0.3, -0.25) is 38.7 Å². The van der Waals surface area contributed by atoms with Gasteiger partial charge in [0, 0.05) is 25.7 Å². The summed E-state index contributed by atoms with van der Waals surface area (Å²) in [6.07, 6.45) is 0. The highest BCUT2D eigenvalue weighted by Gasteiger charge is 2.28. The lowest BCUT2D eigenvalue weighted by molar-refractivity contribution is -0.144. The van der Waals surface area contributed by atoms with Crippen molar-refractivity contribution in [2.45, 2.75) is 13.0 Å². The third kappa shape index (κ3) is 12.1. The molecular weight excluding hydrogens is 482 g/mol. The van der Waals surface area contributed by atoms with Crippen molar-refractivity contribution in [1.82, 2.24) is 14.7 Å². The van der Waals surface area contributed by atoms with Gasteiger partial charge >= 0.3 is 29.8 Å². The normalized spacial score (nSPS) is 12.0. The predicted octanol–water partition coefficient (Wildman–Crippen LogP) is -0.545. The van der Waals surface area contributed by atoms with Crippen molar-refractivity contribution in [2.75, 3.05) is 59.0 Å². The number of benzene rings is 1. The quantitative estimate of drug-likeness (QED) is 0.157. The van der Waals surface area contributed by atoms with Crippen LogP contribution in [0.25, 0.3) is 0 Å². The minimum atomic E-state index is -1.29. The highest BCUT2D eigenvalue weighted by atomic mass is 16.5. The molecule has 5 N–H and O–H groups in total. The zero-order valence-corrected chi connectivity index (χ0v) is 19.8. The van der Waals surface area contributed by atoms with Crippen LogP contribution >= 0.6 is 0 Å². The molecule has 0 aromatic heterocycles. The third-order valence-electron chi connectivity index (χ3n) is 4.93. The second kappa shape index (κ2) is 15.3. The summed E-state index contributed by atoms with van der Waals surface area (Å²) in [5.41, 5.74) is 0.504. The summed E-state index contributed by atoms with van der Waals surface area (Å²) in [5.74, 6) is -5.79. The van der Waals surface area contributed by atoms with E-state index >= 15 is 0 Å². The van der Waals surface area contributed by atoms with Gasteiger partial charge in [-0.2, -0.15) is 0 Å². The van der Waals surface area contributed by atoms with Gasteiger partial charge in [0.1, 0.15) is 5.75 Å². The minimum absolute atomic E-state index is 0.0750. The van der Waals surface area contributed by atoms with Crippen molar-refractivity contribution in [2.24, 2.45) is 0 Å². The van der Waals surface area contributed by atoms with Crippen LogP contribution < -0.4 is 4.74 Å². The number of hydrogen-bond donors (Lipinski definition) is 5. The van der Waals surface area contributed by atoms with Crippen molar-refractivity contribution in [3.63, 3.8) is 0 Å². The van der Waals surface area contributed by atoms with Crippen LogP contribution in [0.3, 0.4) is 0 Å². The van der Waals surface area contributed by atoms with Gasteiger partial charge in [0.2, 0.25) is 0 Å². The minimum Gasteiger partial charge on any atom is -0.494 e. The highest BCUT2D eigenvalue weighted by Crippen LogP contribution is 2.25. The van der Waals surface area contributed by atoms with Gasteiger partial charge in [0.05, 0.1) is 39.3 Å². The summed E-state index contributed by atoms with van der Waals surface area (Å²) in [4.78, 5) is 60.2. The van der Waals surface area contributed by atoms with Crippen LogP contribution in [0.4, 0.5) is 0 Å². The maximum Gasteiger partial charge on any atom is 0.317 e. The Bertz CT molecular complexity index is 875. The van der Waals surface area contributed by atoms with E-state index in [9.17, 15) is 39.3 Å². The summed E-state index contributed by atoms with van der Waals surface area (Å²) in [5, 5.41) is 46.2. The zero-order valence-electron chi connectivity index (χ0n) is 19.8. The molecule has 1 unspecified atom stereocenters. The Morgan fingerprint density at radius 2 is 1.11 bits per heavy atom. The molecule has 0 aliphatic rings. The molecule has 0 saturated carbocycles. The molecule has 0 saturated heterocycles. The fourth-order valence-electron chi connectivity index (χ4n) is 3.56. The summed E-state index contributed by atoms with van der Waals surface area (Å²) < 4.78 is 5.40. The van der Waals surface area contributed by atoms with Gasteiger partial charge in [0.15, 0.2) is 0 Å². The van der Waals surface area contributed by atoms with Crippen LogP contribution in [0.5, 0.6) is 5.75 Å². The van der Waals surface area contributed by atoms with Gasteiger partial charge in [-0.1, -0.05) is 12.1 Å². The molecular formula is C22H31N3O11. The molecule has 1 atom stereocenters. The second-order valence-corrected chi connectivity index (χ2v) is 7.84. The van der Waals surface area contributed by atoms with E-state index in [1.165, 1.54) is 9.80 Å². The summed E-state index contributed by atoms with van der Waals surface area (Å²) in [7, 11) is 0. The van der Waals surface area contributed by atoms with E-state index < -0.39 is 68.6 Å². The van der Waals surface area contributed by atoms with Gasteiger partial charge in [-0.05, 0) is 24.6 Å². The molecule has 0 spiro atoms. The molecule has 1 aromatic rings. The van der Waals surface area contributed by atoms with E-state index in [0.29, 0.717) is 17.9 Å². The molecule has 1 rings (SSSR count). The zero-order chi connectivity index (χ0) is 27.3. The first-order valence-corrected chi connectivity index (χ1v) is 10.9. The predicted molar refractivity (Wildman–Crippen MR) is 123 cm³/mol. The number of rotatable bonds is 19. The lowest BCUT2D eigenvalue weighted by Crippen LogP contribution is -2.47. The summed E-state index contributed by atoms with van der Waals surface area (Å²) in [6, 6.07) is 5.60. The van der Waals surface area contributed by atoms with Gasteiger partial charge < -0.3 is 30.3 Å². The van der Waals surface area contributed by atoms with E-state index in [4.69, 9.17) is 14.9 Å². The SMILES string of the molecule is CCOc1ccc(C(CN(CCN(CC(=O)O)CC(=O)O)CC(=O)O)N(CC(=O)O)CC(=O)O)cc1. The van der Waals surface area contributed by atoms with Crippen LogP contribution in [0, 0.1) is 0 Å².